The summed E-state index contributed by atoms with van der Waals surface area (Å²) in [5.41, 5.74) is 0. The van der Waals surface area contributed by atoms with E-state index in [0.717, 1.165) is 6.04 Å². The average Bonchev–Trinajstić information content (AvgIpc) is 1.65. The van der Waals surface area contributed by atoms with Crippen molar-refractivity contribution in [2.24, 2.45) is 0 Å². The van der Waals surface area contributed by atoms with Gasteiger partial charge in [-0.3, -0.25) is 0 Å². The summed E-state index contributed by atoms with van der Waals surface area (Å²) in [5, 5.41) is 0. The molecule has 1 aliphatic carbocycles. The first kappa shape index (κ1) is 8.96. The number of rotatable bonds is 1. The zero-order chi connectivity index (χ0) is 7.28. The molecular weight excluding hydrogens is 110 g/mol. The van der Waals surface area contributed by atoms with E-state index in [1.807, 2.05) is 13.8 Å². The van der Waals surface area contributed by atoms with Crippen molar-refractivity contribution in [3.05, 3.63) is 0 Å². The molecule has 0 unspecified atom stereocenters. The van der Waals surface area contributed by atoms with E-state index in [9.17, 15) is 0 Å². The molecule has 0 saturated heterocycles. The zero-order valence-corrected chi connectivity index (χ0v) is 7.15. The normalized spacial score (nSPS) is 18.3. The van der Waals surface area contributed by atoms with Crippen molar-refractivity contribution in [3.63, 3.8) is 0 Å². The van der Waals surface area contributed by atoms with Crippen molar-refractivity contribution in [2.75, 3.05) is 14.1 Å². The number of hydrogen-bond acceptors (Lipinski definition) is 1. The molecule has 56 valence electrons. The van der Waals surface area contributed by atoms with Gasteiger partial charge in [0.2, 0.25) is 0 Å². The van der Waals surface area contributed by atoms with Crippen LogP contribution in [0.1, 0.15) is 33.1 Å². The van der Waals surface area contributed by atoms with E-state index in [-0.39, 0.29) is 0 Å². The van der Waals surface area contributed by atoms with Gasteiger partial charge in [-0.2, -0.15) is 0 Å². The van der Waals surface area contributed by atoms with Gasteiger partial charge >= 0.3 is 0 Å². The molecule has 0 heterocycles. The van der Waals surface area contributed by atoms with Crippen LogP contribution in [0.2, 0.25) is 0 Å². The first-order valence-electron chi connectivity index (χ1n) is 3.97. The summed E-state index contributed by atoms with van der Waals surface area (Å²) in [6.45, 7) is 4.00. The molecular formula is C8H19N. The zero-order valence-electron chi connectivity index (χ0n) is 7.15. The minimum atomic E-state index is 0.917. The minimum absolute atomic E-state index is 0.917. The van der Waals surface area contributed by atoms with Gasteiger partial charge in [-0.25, -0.2) is 0 Å². The molecule has 0 N–H and O–H groups in total. The van der Waals surface area contributed by atoms with Gasteiger partial charge in [-0.05, 0) is 26.9 Å². The van der Waals surface area contributed by atoms with E-state index < -0.39 is 0 Å². The van der Waals surface area contributed by atoms with Gasteiger partial charge in [0.1, 0.15) is 0 Å². The van der Waals surface area contributed by atoms with Crippen molar-refractivity contribution in [3.8, 4) is 0 Å². The quantitative estimate of drug-likeness (QED) is 0.524. The fourth-order valence-electron chi connectivity index (χ4n) is 0.903. The Labute approximate surface area is 59.1 Å². The molecule has 0 aromatic heterocycles. The van der Waals surface area contributed by atoms with E-state index in [4.69, 9.17) is 0 Å². The van der Waals surface area contributed by atoms with Crippen LogP contribution in [0, 0.1) is 0 Å². The Morgan fingerprint density at radius 3 is 1.56 bits per heavy atom. The summed E-state index contributed by atoms with van der Waals surface area (Å²) in [5.74, 6) is 0. The molecule has 0 radical (unpaired) electrons. The second-order valence-electron chi connectivity index (χ2n) is 2.55. The summed E-state index contributed by atoms with van der Waals surface area (Å²) < 4.78 is 0. The van der Waals surface area contributed by atoms with Crippen molar-refractivity contribution in [1.82, 2.24) is 4.90 Å². The maximum absolute atomic E-state index is 2.31. The van der Waals surface area contributed by atoms with Crippen LogP contribution in [0.25, 0.3) is 0 Å². The lowest BCUT2D eigenvalue weighted by Crippen LogP contribution is -2.33. The lowest BCUT2D eigenvalue weighted by molar-refractivity contribution is 0.193. The SMILES string of the molecule is CC.CN(C)C1CCC1. The predicted octanol–water partition coefficient (Wildman–Crippen LogP) is 2.13. The summed E-state index contributed by atoms with van der Waals surface area (Å²) in [4.78, 5) is 2.31. The third-order valence-electron chi connectivity index (χ3n) is 1.80. The van der Waals surface area contributed by atoms with E-state index in [2.05, 4.69) is 19.0 Å². The summed E-state index contributed by atoms with van der Waals surface area (Å²) >= 11 is 0. The highest BCUT2D eigenvalue weighted by atomic mass is 15.1. The van der Waals surface area contributed by atoms with Crippen LogP contribution in [-0.4, -0.2) is 25.0 Å². The van der Waals surface area contributed by atoms with Crippen LogP contribution >= 0.6 is 0 Å². The molecule has 0 bridgehead atoms. The summed E-state index contributed by atoms with van der Waals surface area (Å²) in [7, 11) is 4.31. The van der Waals surface area contributed by atoms with Crippen molar-refractivity contribution in [1.29, 1.82) is 0 Å². The molecule has 0 aliphatic heterocycles. The van der Waals surface area contributed by atoms with Crippen molar-refractivity contribution < 1.29 is 0 Å². The third-order valence-corrected chi connectivity index (χ3v) is 1.80. The lowest BCUT2D eigenvalue weighted by atomic mass is 9.92. The molecule has 1 heteroatoms. The van der Waals surface area contributed by atoms with Gasteiger partial charge in [0.15, 0.2) is 0 Å². The van der Waals surface area contributed by atoms with E-state index >= 15 is 0 Å². The first-order valence-corrected chi connectivity index (χ1v) is 3.97. The number of hydrogen-bond donors (Lipinski definition) is 0. The topological polar surface area (TPSA) is 3.24 Å². The Bertz CT molecular complexity index is 55.6. The molecule has 9 heavy (non-hydrogen) atoms. The monoisotopic (exact) mass is 129 g/mol. The second kappa shape index (κ2) is 4.80. The molecule has 0 atom stereocenters. The fraction of sp³-hybridized carbons (Fsp3) is 1.00. The number of nitrogens with zero attached hydrogens (tertiary/aromatic N) is 1. The Morgan fingerprint density at radius 2 is 1.56 bits per heavy atom. The van der Waals surface area contributed by atoms with Crippen LogP contribution in [0.3, 0.4) is 0 Å². The molecule has 0 aromatic carbocycles. The first-order chi connectivity index (χ1) is 4.30. The maximum Gasteiger partial charge on any atom is 0.00891 e. The van der Waals surface area contributed by atoms with E-state index in [1.165, 1.54) is 19.3 Å². The Hall–Kier alpha value is -0.0400. The van der Waals surface area contributed by atoms with Crippen LogP contribution < -0.4 is 0 Å². The molecule has 1 saturated carbocycles. The Balaban J connectivity index is 0.000000291. The van der Waals surface area contributed by atoms with E-state index in [1.54, 1.807) is 0 Å². The van der Waals surface area contributed by atoms with Crippen molar-refractivity contribution in [2.45, 2.75) is 39.2 Å². The van der Waals surface area contributed by atoms with Crippen LogP contribution in [-0.2, 0) is 0 Å². The lowest BCUT2D eigenvalue weighted by Gasteiger charge is -2.31. The summed E-state index contributed by atoms with van der Waals surface area (Å²) in [6, 6.07) is 0.917. The Morgan fingerprint density at radius 1 is 1.11 bits per heavy atom. The largest absolute Gasteiger partial charge is 0.306 e. The highest BCUT2D eigenvalue weighted by Crippen LogP contribution is 2.21. The third kappa shape index (κ3) is 2.85. The van der Waals surface area contributed by atoms with Gasteiger partial charge in [0.25, 0.3) is 0 Å². The van der Waals surface area contributed by atoms with Gasteiger partial charge in [0.05, 0.1) is 0 Å². The van der Waals surface area contributed by atoms with Gasteiger partial charge in [0, 0.05) is 6.04 Å². The van der Waals surface area contributed by atoms with E-state index in [0.29, 0.717) is 0 Å². The second-order valence-corrected chi connectivity index (χ2v) is 2.55. The van der Waals surface area contributed by atoms with Crippen LogP contribution in [0.15, 0.2) is 0 Å². The highest BCUT2D eigenvalue weighted by Gasteiger charge is 2.18. The maximum atomic E-state index is 2.31. The van der Waals surface area contributed by atoms with Gasteiger partial charge in [-0.15, -0.1) is 0 Å². The average molecular weight is 129 g/mol. The van der Waals surface area contributed by atoms with Crippen LogP contribution in [0.5, 0.6) is 0 Å². The van der Waals surface area contributed by atoms with Gasteiger partial charge in [-0.1, -0.05) is 20.3 Å². The minimum Gasteiger partial charge on any atom is -0.306 e. The van der Waals surface area contributed by atoms with Crippen molar-refractivity contribution >= 4 is 0 Å². The summed E-state index contributed by atoms with van der Waals surface area (Å²) in [6.07, 6.45) is 4.29. The molecule has 1 nitrogen and oxygen atoms in total. The van der Waals surface area contributed by atoms with Crippen LogP contribution in [0.4, 0.5) is 0 Å². The molecule has 0 aromatic rings. The molecule has 0 amide bonds. The molecule has 1 aliphatic rings. The predicted molar refractivity (Wildman–Crippen MR) is 42.7 cm³/mol. The molecule has 0 spiro atoms. The highest BCUT2D eigenvalue weighted by molar-refractivity contribution is 4.75. The Kier molecular flexibility index (Phi) is 4.78. The molecule has 1 rings (SSSR count). The standard InChI is InChI=1S/C6H13N.C2H6/c1-7(2)6-4-3-5-6;1-2/h6H,3-5H2,1-2H3;1-2H3. The fourth-order valence-corrected chi connectivity index (χ4v) is 0.903. The smallest absolute Gasteiger partial charge is 0.00891 e. The van der Waals surface area contributed by atoms with Gasteiger partial charge < -0.3 is 4.90 Å². The molecule has 1 fully saturated rings.